The molecule has 0 spiro atoms. The van der Waals surface area contributed by atoms with Crippen LogP contribution in [0.15, 0.2) is 36.8 Å². The minimum absolute atomic E-state index is 0.0352. The van der Waals surface area contributed by atoms with Gasteiger partial charge in [0, 0.05) is 62.0 Å². The molecule has 1 N–H and O–H groups in total. The highest BCUT2D eigenvalue weighted by Gasteiger charge is 2.18. The number of pyridine rings is 2. The molecule has 1 fully saturated rings. The van der Waals surface area contributed by atoms with Crippen molar-refractivity contribution in [2.45, 2.75) is 18.9 Å². The highest BCUT2D eigenvalue weighted by atomic mass is 16.5. The molecule has 1 unspecified atom stereocenters. The number of aromatic nitrogens is 4. The average molecular weight is 351 g/mol. The fourth-order valence-electron chi connectivity index (χ4n) is 3.15. The molecule has 4 rings (SSSR count). The number of hydrogen-bond donors (Lipinski definition) is 1. The lowest BCUT2D eigenvalue weighted by molar-refractivity contribution is -0.121. The number of nitrogens with one attached hydrogen (secondary N) is 1. The minimum Gasteiger partial charge on any atom is -0.375 e. The smallest absolute Gasteiger partial charge is 0.141 e. The number of morpholine rings is 1. The number of ether oxygens (including phenoxy) is 1. The first kappa shape index (κ1) is 16.8. The Kier molecular flexibility index (Phi) is 4.73. The van der Waals surface area contributed by atoms with Crippen LogP contribution in [-0.4, -0.2) is 51.3 Å². The summed E-state index contributed by atoms with van der Waals surface area (Å²) in [5.41, 5.74) is 3.39. The van der Waals surface area contributed by atoms with Crippen molar-refractivity contribution in [3.8, 4) is 11.3 Å². The SMILES string of the molecule is Cn1cc(-c2ccc3cnc(CC(=O)CC4CNCCO4)cc3n2)cn1. The zero-order valence-electron chi connectivity index (χ0n) is 14.7. The van der Waals surface area contributed by atoms with Gasteiger partial charge < -0.3 is 10.1 Å². The average Bonchev–Trinajstić information content (AvgIpc) is 3.08. The number of hydrogen-bond acceptors (Lipinski definition) is 6. The van der Waals surface area contributed by atoms with Gasteiger partial charge in [0.05, 0.1) is 30.1 Å². The van der Waals surface area contributed by atoms with Crippen LogP contribution in [0.1, 0.15) is 12.1 Å². The van der Waals surface area contributed by atoms with Crippen LogP contribution >= 0.6 is 0 Å². The fourth-order valence-corrected chi connectivity index (χ4v) is 3.15. The molecule has 0 radical (unpaired) electrons. The van der Waals surface area contributed by atoms with Crippen molar-refractivity contribution in [2.24, 2.45) is 7.05 Å². The number of carbonyl (C=O) groups excluding carboxylic acids is 1. The summed E-state index contributed by atoms with van der Waals surface area (Å²) in [6, 6.07) is 5.84. The molecular weight excluding hydrogens is 330 g/mol. The van der Waals surface area contributed by atoms with Crippen molar-refractivity contribution in [2.75, 3.05) is 19.7 Å². The summed E-state index contributed by atoms with van der Waals surface area (Å²) >= 11 is 0. The van der Waals surface area contributed by atoms with E-state index in [1.807, 2.05) is 31.4 Å². The lowest BCUT2D eigenvalue weighted by Gasteiger charge is -2.22. The van der Waals surface area contributed by atoms with Gasteiger partial charge in [-0.3, -0.25) is 14.5 Å². The molecule has 1 aliphatic rings. The van der Waals surface area contributed by atoms with Gasteiger partial charge in [-0.1, -0.05) is 0 Å². The summed E-state index contributed by atoms with van der Waals surface area (Å²) in [5.74, 6) is 0.133. The standard InChI is InChI=1S/C19H21N5O2/c1-24-12-14(10-22-24)18-3-2-13-9-21-15(7-19(13)23-18)6-16(25)8-17-11-20-4-5-26-17/h2-3,7,9-10,12,17,20H,4-6,8,11H2,1H3. The van der Waals surface area contributed by atoms with E-state index in [-0.39, 0.29) is 11.9 Å². The first-order valence-corrected chi connectivity index (χ1v) is 8.76. The molecule has 0 aliphatic carbocycles. The van der Waals surface area contributed by atoms with E-state index in [2.05, 4.69) is 15.4 Å². The van der Waals surface area contributed by atoms with Gasteiger partial charge in [-0.2, -0.15) is 5.10 Å². The molecule has 0 amide bonds. The Labute approximate surface area is 151 Å². The van der Waals surface area contributed by atoms with Gasteiger partial charge in [0.1, 0.15) is 5.78 Å². The maximum Gasteiger partial charge on any atom is 0.141 e. The number of nitrogens with zero attached hydrogens (tertiary/aromatic N) is 4. The molecule has 4 heterocycles. The van der Waals surface area contributed by atoms with Gasteiger partial charge in [-0.05, 0) is 18.2 Å². The van der Waals surface area contributed by atoms with Crippen LogP contribution < -0.4 is 5.32 Å². The molecule has 0 bridgehead atoms. The lowest BCUT2D eigenvalue weighted by atomic mass is 10.1. The van der Waals surface area contributed by atoms with Crippen LogP contribution in [0.5, 0.6) is 0 Å². The molecule has 7 heteroatoms. The first-order valence-electron chi connectivity index (χ1n) is 8.76. The normalized spacial score (nSPS) is 17.5. The third-order valence-electron chi connectivity index (χ3n) is 4.47. The van der Waals surface area contributed by atoms with Crippen molar-refractivity contribution in [3.63, 3.8) is 0 Å². The summed E-state index contributed by atoms with van der Waals surface area (Å²) < 4.78 is 7.35. The first-order chi connectivity index (χ1) is 12.7. The highest BCUT2D eigenvalue weighted by Crippen LogP contribution is 2.20. The Morgan fingerprint density at radius 3 is 3.08 bits per heavy atom. The molecular formula is C19H21N5O2. The van der Waals surface area contributed by atoms with Gasteiger partial charge in [0.2, 0.25) is 0 Å². The fraction of sp³-hybridized carbons (Fsp3) is 0.368. The van der Waals surface area contributed by atoms with E-state index < -0.39 is 0 Å². The number of carbonyl (C=O) groups is 1. The zero-order chi connectivity index (χ0) is 17.9. The van der Waals surface area contributed by atoms with Crippen molar-refractivity contribution in [1.82, 2.24) is 25.1 Å². The van der Waals surface area contributed by atoms with Crippen molar-refractivity contribution < 1.29 is 9.53 Å². The molecule has 7 nitrogen and oxygen atoms in total. The van der Waals surface area contributed by atoms with E-state index in [1.165, 1.54) is 0 Å². The monoisotopic (exact) mass is 351 g/mol. The molecule has 1 atom stereocenters. The second-order valence-electron chi connectivity index (χ2n) is 6.58. The number of fused-ring (bicyclic) bond motifs is 1. The van der Waals surface area contributed by atoms with Crippen LogP contribution in [-0.2, 0) is 23.0 Å². The van der Waals surface area contributed by atoms with E-state index in [0.29, 0.717) is 19.4 Å². The van der Waals surface area contributed by atoms with Crippen molar-refractivity contribution in [1.29, 1.82) is 0 Å². The number of Topliss-reactive ketones (excluding diaryl/α,β-unsaturated/α-hetero) is 1. The second kappa shape index (κ2) is 7.31. The summed E-state index contributed by atoms with van der Waals surface area (Å²) in [6.45, 7) is 2.24. The van der Waals surface area contributed by atoms with E-state index in [9.17, 15) is 4.79 Å². The largest absolute Gasteiger partial charge is 0.375 e. The Balaban J connectivity index is 1.51. The molecule has 0 saturated carbocycles. The third kappa shape index (κ3) is 3.79. The third-order valence-corrected chi connectivity index (χ3v) is 4.47. The molecule has 0 aromatic carbocycles. The summed E-state index contributed by atoms with van der Waals surface area (Å²) in [4.78, 5) is 21.4. The van der Waals surface area contributed by atoms with Crippen LogP contribution in [0, 0.1) is 0 Å². The van der Waals surface area contributed by atoms with E-state index >= 15 is 0 Å². The molecule has 1 aliphatic heterocycles. The van der Waals surface area contributed by atoms with E-state index in [0.717, 1.165) is 40.9 Å². The van der Waals surface area contributed by atoms with E-state index in [4.69, 9.17) is 9.72 Å². The van der Waals surface area contributed by atoms with Crippen molar-refractivity contribution in [3.05, 3.63) is 42.5 Å². The summed E-state index contributed by atoms with van der Waals surface area (Å²) in [7, 11) is 1.88. The van der Waals surface area contributed by atoms with Gasteiger partial charge in [-0.15, -0.1) is 0 Å². The predicted molar refractivity (Wildman–Crippen MR) is 97.7 cm³/mol. The van der Waals surface area contributed by atoms with Gasteiger partial charge >= 0.3 is 0 Å². The molecule has 3 aromatic rings. The van der Waals surface area contributed by atoms with E-state index in [1.54, 1.807) is 17.1 Å². The summed E-state index contributed by atoms with van der Waals surface area (Å²) in [6.07, 6.45) is 6.17. The zero-order valence-corrected chi connectivity index (χ0v) is 14.7. The quantitative estimate of drug-likeness (QED) is 0.751. The Hall–Kier alpha value is -2.64. The van der Waals surface area contributed by atoms with Crippen LogP contribution in [0.25, 0.3) is 22.2 Å². The molecule has 1 saturated heterocycles. The van der Waals surface area contributed by atoms with Gasteiger partial charge in [0.15, 0.2) is 0 Å². The Morgan fingerprint density at radius 1 is 1.38 bits per heavy atom. The predicted octanol–water partition coefficient (Wildman–Crippen LogP) is 1.52. The van der Waals surface area contributed by atoms with Crippen molar-refractivity contribution >= 4 is 16.7 Å². The number of ketones is 1. The topological polar surface area (TPSA) is 81.9 Å². The van der Waals surface area contributed by atoms with Crippen LogP contribution in [0.4, 0.5) is 0 Å². The number of aryl methyl sites for hydroxylation is 1. The molecule has 134 valence electrons. The maximum absolute atomic E-state index is 12.3. The maximum atomic E-state index is 12.3. The van der Waals surface area contributed by atoms with Gasteiger partial charge in [-0.25, -0.2) is 4.98 Å². The second-order valence-corrected chi connectivity index (χ2v) is 6.58. The number of rotatable bonds is 5. The Morgan fingerprint density at radius 2 is 2.31 bits per heavy atom. The lowest BCUT2D eigenvalue weighted by Crippen LogP contribution is -2.39. The Bertz CT molecular complexity index is 931. The van der Waals surface area contributed by atoms with Crippen LogP contribution in [0.2, 0.25) is 0 Å². The minimum atomic E-state index is -0.0352. The molecule has 26 heavy (non-hydrogen) atoms. The van der Waals surface area contributed by atoms with Gasteiger partial charge in [0.25, 0.3) is 0 Å². The summed E-state index contributed by atoms with van der Waals surface area (Å²) in [5, 5.41) is 8.38. The van der Waals surface area contributed by atoms with Crippen LogP contribution in [0.3, 0.4) is 0 Å². The molecule has 3 aromatic heterocycles. The highest BCUT2D eigenvalue weighted by molar-refractivity contribution is 5.84.